The first kappa shape index (κ1) is 19.0. The average molecular weight is 375 g/mol. The molecule has 1 unspecified atom stereocenters. The molecule has 26 heavy (non-hydrogen) atoms. The molecule has 140 valence electrons. The molecule has 3 rings (SSSR count). The third-order valence-corrected chi connectivity index (χ3v) is 4.97. The fourth-order valence-electron chi connectivity index (χ4n) is 3.41. The van der Waals surface area contributed by atoms with E-state index in [1.807, 2.05) is 19.1 Å². The third kappa shape index (κ3) is 4.91. The van der Waals surface area contributed by atoms with E-state index in [0.29, 0.717) is 29.2 Å². The minimum atomic E-state index is 0.495. The number of nitrogens with zero attached hydrogens (tertiary/aromatic N) is 1. The van der Waals surface area contributed by atoms with E-state index in [0.717, 1.165) is 38.2 Å². The van der Waals surface area contributed by atoms with Crippen LogP contribution in [0.2, 0.25) is 5.02 Å². The Balaban J connectivity index is 1.54. The topological polar surface area (TPSA) is 33.7 Å². The van der Waals surface area contributed by atoms with Gasteiger partial charge in [0.2, 0.25) is 0 Å². The van der Waals surface area contributed by atoms with E-state index < -0.39 is 0 Å². The number of ether oxygens (including phenoxy) is 2. The second kappa shape index (κ2) is 9.26. The molecule has 0 aromatic heterocycles. The van der Waals surface area contributed by atoms with Gasteiger partial charge in [-0.1, -0.05) is 41.9 Å². The molecule has 1 saturated heterocycles. The van der Waals surface area contributed by atoms with Gasteiger partial charge in [0, 0.05) is 32.2 Å². The van der Waals surface area contributed by atoms with Crippen molar-refractivity contribution in [3.05, 3.63) is 58.6 Å². The van der Waals surface area contributed by atoms with Gasteiger partial charge in [-0.2, -0.15) is 0 Å². The van der Waals surface area contributed by atoms with Gasteiger partial charge in [-0.25, -0.2) is 0 Å². The molecule has 0 bridgehead atoms. The predicted molar refractivity (Wildman–Crippen MR) is 106 cm³/mol. The highest BCUT2D eigenvalue weighted by molar-refractivity contribution is 6.32. The molecule has 1 heterocycles. The maximum Gasteiger partial charge on any atom is 0.179 e. The summed E-state index contributed by atoms with van der Waals surface area (Å²) >= 11 is 6.36. The van der Waals surface area contributed by atoms with Crippen LogP contribution >= 0.6 is 11.6 Å². The lowest BCUT2D eigenvalue weighted by atomic mass is 10.1. The van der Waals surface area contributed by atoms with Crippen LogP contribution in [0.25, 0.3) is 0 Å². The van der Waals surface area contributed by atoms with Gasteiger partial charge in [0.15, 0.2) is 11.5 Å². The molecule has 0 saturated carbocycles. The van der Waals surface area contributed by atoms with Crippen molar-refractivity contribution in [1.29, 1.82) is 0 Å². The predicted octanol–water partition coefficient (Wildman–Crippen LogP) is 4.11. The molecule has 5 heteroatoms. The van der Waals surface area contributed by atoms with Crippen LogP contribution in [0.5, 0.6) is 11.5 Å². The number of rotatable bonds is 8. The van der Waals surface area contributed by atoms with Crippen LogP contribution in [-0.4, -0.2) is 37.7 Å². The second-order valence-electron chi connectivity index (χ2n) is 6.63. The van der Waals surface area contributed by atoms with Crippen molar-refractivity contribution in [2.45, 2.75) is 32.5 Å². The fraction of sp³-hybridized carbons (Fsp3) is 0.429. The minimum absolute atomic E-state index is 0.495. The summed E-state index contributed by atoms with van der Waals surface area (Å²) in [7, 11) is 1.64. The summed E-state index contributed by atoms with van der Waals surface area (Å²) < 4.78 is 11.0. The number of methoxy groups -OCH3 is 1. The van der Waals surface area contributed by atoms with Crippen molar-refractivity contribution >= 4 is 11.6 Å². The maximum atomic E-state index is 6.36. The number of nitrogens with one attached hydrogen (secondary N) is 1. The van der Waals surface area contributed by atoms with Crippen LogP contribution in [0.15, 0.2) is 42.5 Å². The molecular formula is C21H27ClN2O2. The average Bonchev–Trinajstić information content (AvgIpc) is 3.10. The quantitative estimate of drug-likeness (QED) is 0.753. The van der Waals surface area contributed by atoms with E-state index in [2.05, 4.69) is 40.5 Å². The van der Waals surface area contributed by atoms with Crippen molar-refractivity contribution in [2.24, 2.45) is 0 Å². The van der Waals surface area contributed by atoms with Crippen molar-refractivity contribution in [3.8, 4) is 11.5 Å². The Morgan fingerprint density at radius 3 is 2.73 bits per heavy atom. The van der Waals surface area contributed by atoms with Crippen molar-refractivity contribution < 1.29 is 9.47 Å². The first-order valence-electron chi connectivity index (χ1n) is 9.18. The van der Waals surface area contributed by atoms with Gasteiger partial charge >= 0.3 is 0 Å². The van der Waals surface area contributed by atoms with Gasteiger partial charge in [0.1, 0.15) is 0 Å². The highest BCUT2D eigenvalue weighted by atomic mass is 35.5. The highest BCUT2D eigenvalue weighted by Gasteiger charge is 2.22. The molecule has 1 N–H and O–H groups in total. The molecule has 0 radical (unpaired) electrons. The Labute approximate surface area is 161 Å². The molecule has 2 aromatic carbocycles. The van der Waals surface area contributed by atoms with Gasteiger partial charge in [0.05, 0.1) is 18.7 Å². The van der Waals surface area contributed by atoms with E-state index in [1.54, 1.807) is 7.11 Å². The van der Waals surface area contributed by atoms with E-state index in [-0.39, 0.29) is 0 Å². The molecule has 4 nitrogen and oxygen atoms in total. The van der Waals surface area contributed by atoms with Gasteiger partial charge in [-0.15, -0.1) is 0 Å². The molecule has 0 amide bonds. The van der Waals surface area contributed by atoms with Gasteiger partial charge in [0.25, 0.3) is 0 Å². The fourth-order valence-corrected chi connectivity index (χ4v) is 3.69. The zero-order valence-corrected chi connectivity index (χ0v) is 16.3. The van der Waals surface area contributed by atoms with Crippen molar-refractivity contribution in [3.63, 3.8) is 0 Å². The van der Waals surface area contributed by atoms with Gasteiger partial charge < -0.3 is 14.8 Å². The normalized spacial score (nSPS) is 17.4. The standard InChI is InChI=1S/C21H27ClN2O2/c1-3-26-21-19(22)11-17(12-20(21)25-2)13-23-18-9-10-24(15-18)14-16-7-5-4-6-8-16/h4-8,11-12,18,23H,3,9-10,13-15H2,1-2H3. The third-order valence-electron chi connectivity index (χ3n) is 4.69. The molecule has 2 aromatic rings. The van der Waals surface area contributed by atoms with E-state index in [1.165, 1.54) is 5.56 Å². The largest absolute Gasteiger partial charge is 0.493 e. The first-order valence-corrected chi connectivity index (χ1v) is 9.56. The van der Waals surface area contributed by atoms with Crippen LogP contribution in [0.4, 0.5) is 0 Å². The molecule has 1 atom stereocenters. The second-order valence-corrected chi connectivity index (χ2v) is 7.04. The number of likely N-dealkylation sites (tertiary alicyclic amines) is 1. The van der Waals surface area contributed by atoms with Crippen molar-refractivity contribution in [1.82, 2.24) is 10.2 Å². The Hall–Kier alpha value is -1.75. The number of hydrogen-bond donors (Lipinski definition) is 1. The SMILES string of the molecule is CCOc1c(Cl)cc(CNC2CCN(Cc3ccccc3)C2)cc1OC. The van der Waals surface area contributed by atoms with Gasteiger partial charge in [-0.05, 0) is 36.6 Å². The molecule has 0 aliphatic carbocycles. The van der Waals surface area contributed by atoms with Gasteiger partial charge in [-0.3, -0.25) is 4.90 Å². The zero-order valence-electron chi connectivity index (χ0n) is 15.5. The lowest BCUT2D eigenvalue weighted by Crippen LogP contribution is -2.32. The molecule has 1 aliphatic heterocycles. The maximum absolute atomic E-state index is 6.36. The summed E-state index contributed by atoms with van der Waals surface area (Å²) in [4.78, 5) is 2.50. The Kier molecular flexibility index (Phi) is 6.78. The van der Waals surface area contributed by atoms with E-state index in [4.69, 9.17) is 21.1 Å². The molecular weight excluding hydrogens is 348 g/mol. The lowest BCUT2D eigenvalue weighted by molar-refractivity contribution is 0.310. The van der Waals surface area contributed by atoms with Crippen LogP contribution in [0.3, 0.4) is 0 Å². The molecule has 1 fully saturated rings. The van der Waals surface area contributed by atoms with E-state index in [9.17, 15) is 0 Å². The van der Waals surface area contributed by atoms with Crippen LogP contribution in [0, 0.1) is 0 Å². The Morgan fingerprint density at radius 1 is 1.19 bits per heavy atom. The monoisotopic (exact) mass is 374 g/mol. The summed E-state index contributed by atoms with van der Waals surface area (Å²) in [6, 6.07) is 15.1. The van der Waals surface area contributed by atoms with E-state index >= 15 is 0 Å². The zero-order chi connectivity index (χ0) is 18.4. The summed E-state index contributed by atoms with van der Waals surface area (Å²) in [5, 5.41) is 4.24. The number of hydrogen-bond acceptors (Lipinski definition) is 4. The summed E-state index contributed by atoms with van der Waals surface area (Å²) in [5.41, 5.74) is 2.48. The Bertz CT molecular complexity index is 709. The van der Waals surface area contributed by atoms with Crippen LogP contribution < -0.4 is 14.8 Å². The summed E-state index contributed by atoms with van der Waals surface area (Å²) in [5.74, 6) is 1.31. The Morgan fingerprint density at radius 2 is 2.00 bits per heavy atom. The van der Waals surface area contributed by atoms with Crippen molar-refractivity contribution in [2.75, 3.05) is 26.8 Å². The molecule has 1 aliphatic rings. The first-order chi connectivity index (χ1) is 12.7. The highest BCUT2D eigenvalue weighted by Crippen LogP contribution is 2.36. The smallest absolute Gasteiger partial charge is 0.179 e. The summed E-state index contributed by atoms with van der Waals surface area (Å²) in [6.45, 7) is 6.48. The van der Waals surface area contributed by atoms with Crippen LogP contribution in [-0.2, 0) is 13.1 Å². The number of halogens is 1. The minimum Gasteiger partial charge on any atom is -0.493 e. The summed E-state index contributed by atoms with van der Waals surface area (Å²) in [6.07, 6.45) is 1.16. The van der Waals surface area contributed by atoms with Crippen LogP contribution in [0.1, 0.15) is 24.5 Å². The molecule has 0 spiro atoms. The lowest BCUT2D eigenvalue weighted by Gasteiger charge is -2.18. The number of benzene rings is 2.